The number of halogens is 1. The molecule has 1 atom stereocenters. The average molecular weight is 331 g/mol. The molecule has 3 rings (SSSR count). The van der Waals surface area contributed by atoms with Crippen molar-refractivity contribution in [3.8, 4) is 5.69 Å². The van der Waals surface area contributed by atoms with E-state index in [1.807, 2.05) is 13.1 Å². The van der Waals surface area contributed by atoms with E-state index >= 15 is 0 Å². The second-order valence-electron chi connectivity index (χ2n) is 6.43. The summed E-state index contributed by atoms with van der Waals surface area (Å²) in [5, 5.41) is 16.8. The summed E-state index contributed by atoms with van der Waals surface area (Å²) in [6.07, 6.45) is 6.12. The standard InChI is InChI=1S/C18H22FN3O2/c1-12(21-18(24)13-2-8-17(23)9-3-13)14-10-20-22(11-14)16-6-4-15(19)5-7-16/h4-7,10-13,17,23H,2-3,8-9H2,1H3,(H,21,24)/t12-,13?,17?/m0/s1. The Morgan fingerprint density at radius 2 is 1.96 bits per heavy atom. The third-order valence-corrected chi connectivity index (χ3v) is 4.62. The smallest absolute Gasteiger partial charge is 0.223 e. The molecular formula is C18H22FN3O2. The van der Waals surface area contributed by atoms with Gasteiger partial charge < -0.3 is 10.4 Å². The number of carbonyl (C=O) groups excluding carboxylic acids is 1. The maximum absolute atomic E-state index is 13.0. The van der Waals surface area contributed by atoms with E-state index < -0.39 is 0 Å². The highest BCUT2D eigenvalue weighted by molar-refractivity contribution is 5.79. The van der Waals surface area contributed by atoms with Crippen LogP contribution in [-0.4, -0.2) is 26.9 Å². The third-order valence-electron chi connectivity index (χ3n) is 4.62. The average Bonchev–Trinajstić information content (AvgIpc) is 3.06. The molecule has 6 heteroatoms. The molecule has 0 aliphatic heterocycles. The van der Waals surface area contributed by atoms with E-state index in [0.717, 1.165) is 24.1 Å². The van der Waals surface area contributed by atoms with Crippen LogP contribution in [0.1, 0.15) is 44.2 Å². The van der Waals surface area contributed by atoms with Gasteiger partial charge in [-0.05, 0) is 56.9 Å². The molecule has 128 valence electrons. The Labute approximate surface area is 140 Å². The molecule has 5 nitrogen and oxygen atoms in total. The normalized spacial score (nSPS) is 22.1. The van der Waals surface area contributed by atoms with Crippen LogP contribution in [0.2, 0.25) is 0 Å². The van der Waals surface area contributed by atoms with Gasteiger partial charge in [-0.2, -0.15) is 5.10 Å². The van der Waals surface area contributed by atoms with Crippen molar-refractivity contribution in [3.63, 3.8) is 0 Å². The van der Waals surface area contributed by atoms with Gasteiger partial charge in [0.25, 0.3) is 0 Å². The molecule has 1 aliphatic carbocycles. The van der Waals surface area contributed by atoms with Crippen LogP contribution in [0.5, 0.6) is 0 Å². The molecule has 2 N–H and O–H groups in total. The Balaban J connectivity index is 1.62. The number of aromatic nitrogens is 2. The number of nitrogens with zero attached hydrogens (tertiary/aromatic N) is 2. The predicted molar refractivity (Wildman–Crippen MR) is 88.0 cm³/mol. The van der Waals surface area contributed by atoms with Crippen molar-refractivity contribution < 1.29 is 14.3 Å². The molecule has 24 heavy (non-hydrogen) atoms. The molecule has 0 bridgehead atoms. The van der Waals surface area contributed by atoms with E-state index in [0.29, 0.717) is 12.8 Å². The van der Waals surface area contributed by atoms with Crippen molar-refractivity contribution in [1.82, 2.24) is 15.1 Å². The highest BCUT2D eigenvalue weighted by atomic mass is 19.1. The summed E-state index contributed by atoms with van der Waals surface area (Å²) in [6.45, 7) is 1.92. The van der Waals surface area contributed by atoms with Gasteiger partial charge in [-0.1, -0.05) is 0 Å². The lowest BCUT2D eigenvalue weighted by atomic mass is 9.86. The molecule has 1 aromatic carbocycles. The first-order valence-electron chi connectivity index (χ1n) is 8.32. The molecule has 2 aromatic rings. The van der Waals surface area contributed by atoms with Gasteiger partial charge in [0.15, 0.2) is 0 Å². The van der Waals surface area contributed by atoms with Crippen LogP contribution in [-0.2, 0) is 4.79 Å². The Hall–Kier alpha value is -2.21. The fourth-order valence-electron chi connectivity index (χ4n) is 3.05. The van der Waals surface area contributed by atoms with E-state index in [4.69, 9.17) is 0 Å². The van der Waals surface area contributed by atoms with E-state index in [-0.39, 0.29) is 29.8 Å². The van der Waals surface area contributed by atoms with Crippen molar-refractivity contribution in [2.24, 2.45) is 5.92 Å². The Bertz CT molecular complexity index is 691. The molecular weight excluding hydrogens is 309 g/mol. The summed E-state index contributed by atoms with van der Waals surface area (Å²) in [5.74, 6) is -0.281. The summed E-state index contributed by atoms with van der Waals surface area (Å²) >= 11 is 0. The minimum Gasteiger partial charge on any atom is -0.393 e. The van der Waals surface area contributed by atoms with Gasteiger partial charge in [0.2, 0.25) is 5.91 Å². The predicted octanol–water partition coefficient (Wildman–Crippen LogP) is 2.74. The van der Waals surface area contributed by atoms with Gasteiger partial charge in [-0.15, -0.1) is 0 Å². The molecule has 1 fully saturated rings. The van der Waals surface area contributed by atoms with E-state index in [1.54, 1.807) is 23.0 Å². The maximum Gasteiger partial charge on any atom is 0.223 e. The molecule has 0 unspecified atom stereocenters. The third kappa shape index (κ3) is 3.82. The molecule has 0 spiro atoms. The first-order valence-corrected chi connectivity index (χ1v) is 8.32. The number of rotatable bonds is 4. The van der Waals surface area contributed by atoms with Crippen LogP contribution >= 0.6 is 0 Å². The Morgan fingerprint density at radius 3 is 2.62 bits per heavy atom. The van der Waals surface area contributed by atoms with Crippen molar-refractivity contribution in [3.05, 3.63) is 48.0 Å². The lowest BCUT2D eigenvalue weighted by Gasteiger charge is -2.25. The highest BCUT2D eigenvalue weighted by Crippen LogP contribution is 2.25. The van der Waals surface area contributed by atoms with E-state index in [9.17, 15) is 14.3 Å². The maximum atomic E-state index is 13.0. The topological polar surface area (TPSA) is 67.2 Å². The van der Waals surface area contributed by atoms with Crippen molar-refractivity contribution >= 4 is 5.91 Å². The number of aliphatic hydroxyl groups excluding tert-OH is 1. The largest absolute Gasteiger partial charge is 0.393 e. The number of aliphatic hydroxyl groups is 1. The highest BCUT2D eigenvalue weighted by Gasteiger charge is 2.26. The van der Waals surface area contributed by atoms with Crippen LogP contribution in [0, 0.1) is 11.7 Å². The fourth-order valence-corrected chi connectivity index (χ4v) is 3.05. The molecule has 1 aliphatic rings. The zero-order valence-corrected chi connectivity index (χ0v) is 13.7. The number of carbonyl (C=O) groups is 1. The van der Waals surface area contributed by atoms with Gasteiger partial charge in [0.1, 0.15) is 5.82 Å². The zero-order valence-electron chi connectivity index (χ0n) is 13.7. The van der Waals surface area contributed by atoms with E-state index in [2.05, 4.69) is 10.4 Å². The summed E-state index contributed by atoms with van der Waals surface area (Å²) in [7, 11) is 0. The monoisotopic (exact) mass is 331 g/mol. The lowest BCUT2D eigenvalue weighted by molar-refractivity contribution is -0.127. The minimum absolute atomic E-state index is 0.0250. The van der Waals surface area contributed by atoms with Crippen molar-refractivity contribution in [1.29, 1.82) is 0 Å². The second kappa shape index (κ2) is 7.13. The fraction of sp³-hybridized carbons (Fsp3) is 0.444. The zero-order chi connectivity index (χ0) is 17.1. The Kier molecular flexibility index (Phi) is 4.94. The summed E-state index contributed by atoms with van der Waals surface area (Å²) in [5.41, 5.74) is 1.66. The second-order valence-corrected chi connectivity index (χ2v) is 6.43. The Morgan fingerprint density at radius 1 is 1.29 bits per heavy atom. The number of nitrogens with one attached hydrogen (secondary N) is 1. The van der Waals surface area contributed by atoms with Crippen LogP contribution in [0.15, 0.2) is 36.7 Å². The molecule has 1 heterocycles. The van der Waals surface area contributed by atoms with Crippen LogP contribution in [0.4, 0.5) is 4.39 Å². The summed E-state index contributed by atoms with van der Waals surface area (Å²) in [6, 6.07) is 5.93. The molecule has 1 amide bonds. The summed E-state index contributed by atoms with van der Waals surface area (Å²) in [4.78, 5) is 12.3. The number of hydrogen-bond acceptors (Lipinski definition) is 3. The first kappa shape index (κ1) is 16.6. The number of benzene rings is 1. The van der Waals surface area contributed by atoms with Gasteiger partial charge in [-0.25, -0.2) is 9.07 Å². The molecule has 0 radical (unpaired) electrons. The SMILES string of the molecule is C[C@H](NC(=O)C1CCC(O)CC1)c1cnn(-c2ccc(F)cc2)c1. The number of amides is 1. The minimum atomic E-state index is -0.288. The van der Waals surface area contributed by atoms with Gasteiger partial charge in [0, 0.05) is 17.7 Å². The molecule has 0 saturated heterocycles. The van der Waals surface area contributed by atoms with E-state index in [1.165, 1.54) is 12.1 Å². The van der Waals surface area contributed by atoms with Gasteiger partial charge in [-0.3, -0.25) is 4.79 Å². The van der Waals surface area contributed by atoms with Gasteiger partial charge >= 0.3 is 0 Å². The van der Waals surface area contributed by atoms with Crippen LogP contribution < -0.4 is 5.32 Å². The molecule has 1 saturated carbocycles. The van der Waals surface area contributed by atoms with Crippen LogP contribution in [0.3, 0.4) is 0 Å². The first-order chi connectivity index (χ1) is 11.5. The quantitative estimate of drug-likeness (QED) is 0.905. The lowest BCUT2D eigenvalue weighted by Crippen LogP contribution is -2.35. The molecule has 1 aromatic heterocycles. The van der Waals surface area contributed by atoms with Crippen molar-refractivity contribution in [2.45, 2.75) is 44.8 Å². The summed E-state index contributed by atoms with van der Waals surface area (Å²) < 4.78 is 14.6. The van der Waals surface area contributed by atoms with Crippen LogP contribution in [0.25, 0.3) is 5.69 Å². The number of hydrogen-bond donors (Lipinski definition) is 2. The van der Waals surface area contributed by atoms with Gasteiger partial charge in [0.05, 0.1) is 24.0 Å². The van der Waals surface area contributed by atoms with Crippen molar-refractivity contribution in [2.75, 3.05) is 0 Å².